The Morgan fingerprint density at radius 2 is 0.917 bits per heavy atom. The lowest BCUT2D eigenvalue weighted by atomic mass is 9.77. The average molecular weight is 622 g/mol. The fourth-order valence-electron chi connectivity index (χ4n) is 7.29. The molecule has 48 heavy (non-hydrogen) atoms. The van der Waals surface area contributed by atoms with Crippen molar-refractivity contribution in [2.75, 3.05) is 4.90 Å². The number of hydrogen-bond donors (Lipinski definition) is 0. The molecule has 1 aliphatic carbocycles. The van der Waals surface area contributed by atoms with Crippen molar-refractivity contribution in [2.45, 2.75) is 53.4 Å². The molecule has 236 valence electrons. The minimum Gasteiger partial charge on any atom is -0.310 e. The zero-order valence-corrected chi connectivity index (χ0v) is 28.9. The van der Waals surface area contributed by atoms with Gasteiger partial charge in [0, 0.05) is 17.1 Å². The van der Waals surface area contributed by atoms with Gasteiger partial charge in [0.05, 0.1) is 0 Å². The number of rotatable bonds is 5. The largest absolute Gasteiger partial charge is 0.310 e. The van der Waals surface area contributed by atoms with Crippen LogP contribution in [0.2, 0.25) is 0 Å². The Morgan fingerprint density at radius 3 is 1.50 bits per heavy atom. The summed E-state index contributed by atoms with van der Waals surface area (Å²) >= 11 is 0. The van der Waals surface area contributed by atoms with Crippen LogP contribution in [0.4, 0.5) is 17.1 Å². The van der Waals surface area contributed by atoms with Crippen LogP contribution in [0.1, 0.15) is 52.7 Å². The molecule has 0 aliphatic heterocycles. The number of para-hydroxylation sites is 1. The van der Waals surface area contributed by atoms with Crippen molar-refractivity contribution in [3.63, 3.8) is 0 Å². The molecule has 1 heteroatoms. The van der Waals surface area contributed by atoms with Gasteiger partial charge in [0.1, 0.15) is 0 Å². The van der Waals surface area contributed by atoms with Crippen molar-refractivity contribution in [3.05, 3.63) is 151 Å². The predicted octanol–water partition coefficient (Wildman–Crippen LogP) is 13.7. The molecule has 0 atom stereocenters. The van der Waals surface area contributed by atoms with Crippen molar-refractivity contribution in [3.8, 4) is 33.4 Å². The maximum atomic E-state index is 2.40. The number of benzene rings is 7. The third-order valence-corrected chi connectivity index (χ3v) is 9.80. The van der Waals surface area contributed by atoms with Gasteiger partial charge in [-0.15, -0.1) is 0 Å². The first-order valence-corrected chi connectivity index (χ1v) is 17.2. The Bertz CT molecular complexity index is 2300. The SMILES string of the molecule is CC(C)(C)Cc1ccc(N(c2ccccc2)c2ccc3cc4c(cc3c2)-c2cc3cc(-c5ccc(C(C)(C)C)cc5)ccc3cc2-4)cc1. The van der Waals surface area contributed by atoms with Crippen molar-refractivity contribution in [2.24, 2.45) is 5.41 Å². The topological polar surface area (TPSA) is 3.24 Å². The Morgan fingerprint density at radius 1 is 0.417 bits per heavy atom. The van der Waals surface area contributed by atoms with Gasteiger partial charge in [-0.25, -0.2) is 0 Å². The van der Waals surface area contributed by atoms with Crippen LogP contribution in [0.25, 0.3) is 54.9 Å². The zero-order valence-electron chi connectivity index (χ0n) is 28.9. The number of nitrogens with zero attached hydrogens (tertiary/aromatic N) is 1. The number of anilines is 3. The molecule has 0 saturated carbocycles. The lowest BCUT2D eigenvalue weighted by Crippen LogP contribution is -2.11. The minimum absolute atomic E-state index is 0.153. The van der Waals surface area contributed by atoms with E-state index in [1.807, 2.05) is 0 Å². The highest BCUT2D eigenvalue weighted by Gasteiger charge is 2.24. The molecule has 0 aromatic heterocycles. The lowest BCUT2D eigenvalue weighted by Gasteiger charge is -2.28. The van der Waals surface area contributed by atoms with Gasteiger partial charge in [-0.2, -0.15) is 0 Å². The fraction of sp³-hybridized carbons (Fsp3) is 0.191. The molecule has 0 saturated heterocycles. The van der Waals surface area contributed by atoms with E-state index in [9.17, 15) is 0 Å². The second-order valence-electron chi connectivity index (χ2n) is 15.8. The van der Waals surface area contributed by atoms with E-state index >= 15 is 0 Å². The molecule has 0 fully saturated rings. The molecule has 0 unspecified atom stereocenters. The zero-order chi connectivity index (χ0) is 33.2. The van der Waals surface area contributed by atoms with Crippen molar-refractivity contribution < 1.29 is 0 Å². The fourth-order valence-corrected chi connectivity index (χ4v) is 7.29. The van der Waals surface area contributed by atoms with E-state index in [0.29, 0.717) is 0 Å². The molecule has 7 aromatic rings. The quantitative estimate of drug-likeness (QED) is 0.185. The Labute approximate surface area is 285 Å². The van der Waals surface area contributed by atoms with Crippen LogP contribution < -0.4 is 4.90 Å². The van der Waals surface area contributed by atoms with E-state index in [1.165, 1.54) is 71.7 Å². The van der Waals surface area contributed by atoms with Gasteiger partial charge >= 0.3 is 0 Å². The number of fused-ring (bicyclic) bond motifs is 6. The average Bonchev–Trinajstić information content (AvgIpc) is 3.07. The highest BCUT2D eigenvalue weighted by molar-refractivity contribution is 6.12. The molecular weight excluding hydrogens is 579 g/mol. The first-order valence-electron chi connectivity index (χ1n) is 17.2. The van der Waals surface area contributed by atoms with Crippen molar-refractivity contribution in [1.29, 1.82) is 0 Å². The molecule has 0 heterocycles. The molecule has 0 amide bonds. The summed E-state index contributed by atoms with van der Waals surface area (Å²) in [4.78, 5) is 2.37. The van der Waals surface area contributed by atoms with Crippen LogP contribution in [0.5, 0.6) is 0 Å². The van der Waals surface area contributed by atoms with Gasteiger partial charge in [-0.05, 0) is 150 Å². The lowest BCUT2D eigenvalue weighted by molar-refractivity contribution is 0.411. The summed E-state index contributed by atoms with van der Waals surface area (Å²) in [5.41, 5.74) is 14.5. The van der Waals surface area contributed by atoms with Crippen LogP contribution in [0.3, 0.4) is 0 Å². The van der Waals surface area contributed by atoms with Gasteiger partial charge in [0.15, 0.2) is 0 Å². The summed E-state index contributed by atoms with van der Waals surface area (Å²) in [6, 6.07) is 52.2. The van der Waals surface area contributed by atoms with Crippen LogP contribution >= 0.6 is 0 Å². The third-order valence-electron chi connectivity index (χ3n) is 9.80. The summed E-state index contributed by atoms with van der Waals surface area (Å²) in [5, 5.41) is 5.11. The standard InChI is InChI=1S/C47H43N/c1-46(2,3)30-31-12-21-40(22-13-31)48(39-10-8-7-9-11-39)41-23-18-35-27-43-42-26-34-15-14-33(32-16-19-38(20-17-32)47(4,5)6)24-36(34)28-44(42)45(43)29-37(35)25-41/h7-29H,30H2,1-6H3. The summed E-state index contributed by atoms with van der Waals surface area (Å²) in [6.45, 7) is 13.7. The summed E-state index contributed by atoms with van der Waals surface area (Å²) in [6.07, 6.45) is 1.06. The summed E-state index contributed by atoms with van der Waals surface area (Å²) < 4.78 is 0. The van der Waals surface area contributed by atoms with E-state index in [0.717, 1.165) is 17.8 Å². The van der Waals surface area contributed by atoms with E-state index < -0.39 is 0 Å². The minimum atomic E-state index is 0.153. The van der Waals surface area contributed by atoms with Crippen LogP contribution in [0, 0.1) is 5.41 Å². The van der Waals surface area contributed by atoms with Crippen molar-refractivity contribution in [1.82, 2.24) is 0 Å². The molecular formula is C47H43N. The van der Waals surface area contributed by atoms with Crippen LogP contribution in [0.15, 0.2) is 140 Å². The maximum Gasteiger partial charge on any atom is 0.0468 e. The third kappa shape index (κ3) is 5.58. The molecule has 0 N–H and O–H groups in total. The smallest absolute Gasteiger partial charge is 0.0468 e. The second kappa shape index (κ2) is 11.2. The van der Waals surface area contributed by atoms with E-state index in [-0.39, 0.29) is 10.8 Å². The highest BCUT2D eigenvalue weighted by Crippen LogP contribution is 2.51. The first kappa shape index (κ1) is 30.2. The molecule has 1 nitrogen and oxygen atoms in total. The van der Waals surface area contributed by atoms with Crippen molar-refractivity contribution >= 4 is 38.6 Å². The summed E-state index contributed by atoms with van der Waals surface area (Å²) in [5.74, 6) is 0. The monoisotopic (exact) mass is 621 g/mol. The molecule has 8 rings (SSSR count). The van der Waals surface area contributed by atoms with Crippen LogP contribution in [-0.2, 0) is 11.8 Å². The van der Waals surface area contributed by atoms with E-state index in [2.05, 4.69) is 186 Å². The predicted molar refractivity (Wildman–Crippen MR) is 208 cm³/mol. The van der Waals surface area contributed by atoms with Gasteiger partial charge < -0.3 is 4.90 Å². The van der Waals surface area contributed by atoms with Gasteiger partial charge in [-0.1, -0.05) is 114 Å². The Balaban J connectivity index is 1.15. The second-order valence-corrected chi connectivity index (χ2v) is 15.8. The van der Waals surface area contributed by atoms with Gasteiger partial charge in [-0.3, -0.25) is 0 Å². The molecule has 0 radical (unpaired) electrons. The first-order chi connectivity index (χ1) is 23.0. The van der Waals surface area contributed by atoms with Gasteiger partial charge in [0.2, 0.25) is 0 Å². The molecule has 7 aromatic carbocycles. The molecule has 0 bridgehead atoms. The maximum absolute atomic E-state index is 2.40. The highest BCUT2D eigenvalue weighted by atomic mass is 15.1. The molecule has 1 aliphatic rings. The van der Waals surface area contributed by atoms with E-state index in [4.69, 9.17) is 0 Å². The van der Waals surface area contributed by atoms with Crippen LogP contribution in [-0.4, -0.2) is 0 Å². The van der Waals surface area contributed by atoms with Gasteiger partial charge in [0.25, 0.3) is 0 Å². The summed E-state index contributed by atoms with van der Waals surface area (Å²) in [7, 11) is 0. The normalized spacial score (nSPS) is 12.5. The van der Waals surface area contributed by atoms with E-state index in [1.54, 1.807) is 0 Å². The number of hydrogen-bond acceptors (Lipinski definition) is 1. The molecule has 0 spiro atoms. The Kier molecular flexibility index (Phi) is 7.07. The Hall–Kier alpha value is -5.14.